The van der Waals surface area contributed by atoms with Gasteiger partial charge in [-0.25, -0.2) is 8.42 Å². The van der Waals surface area contributed by atoms with E-state index in [1.54, 1.807) is 16.2 Å². The van der Waals surface area contributed by atoms with Gasteiger partial charge in [0.2, 0.25) is 15.9 Å². The summed E-state index contributed by atoms with van der Waals surface area (Å²) < 4.78 is 28.1. The van der Waals surface area contributed by atoms with Crippen LogP contribution in [-0.2, 0) is 21.2 Å². The highest BCUT2D eigenvalue weighted by atomic mass is 35.5. The van der Waals surface area contributed by atoms with E-state index >= 15 is 0 Å². The first-order valence-corrected chi connectivity index (χ1v) is 14.2. The summed E-state index contributed by atoms with van der Waals surface area (Å²) in [5.74, 6) is -0.319. The van der Waals surface area contributed by atoms with Crippen LogP contribution in [0.5, 0.6) is 0 Å². The predicted molar refractivity (Wildman–Crippen MR) is 140 cm³/mol. The van der Waals surface area contributed by atoms with Crippen LogP contribution < -0.4 is 0 Å². The molecule has 8 nitrogen and oxygen atoms in total. The van der Waals surface area contributed by atoms with Crippen molar-refractivity contribution in [2.75, 3.05) is 19.6 Å². The second kappa shape index (κ2) is 10.7. The van der Waals surface area contributed by atoms with E-state index in [1.165, 1.54) is 17.0 Å². The van der Waals surface area contributed by atoms with E-state index in [0.717, 1.165) is 27.1 Å². The molecule has 2 aromatic carbocycles. The van der Waals surface area contributed by atoms with Gasteiger partial charge in [-0.05, 0) is 60.0 Å². The Morgan fingerprint density at radius 3 is 2.67 bits per heavy atom. The van der Waals surface area contributed by atoms with Crippen molar-refractivity contribution < 1.29 is 18.1 Å². The Bertz CT molecular complexity index is 1410. The lowest BCUT2D eigenvalue weighted by molar-refractivity contribution is -0.384. The van der Waals surface area contributed by atoms with Gasteiger partial charge in [-0.2, -0.15) is 4.31 Å². The molecule has 11 heteroatoms. The third-order valence-electron chi connectivity index (χ3n) is 6.31. The van der Waals surface area contributed by atoms with E-state index in [0.29, 0.717) is 19.4 Å². The molecule has 2 heterocycles. The van der Waals surface area contributed by atoms with Crippen molar-refractivity contribution in [2.24, 2.45) is 0 Å². The van der Waals surface area contributed by atoms with Gasteiger partial charge < -0.3 is 4.90 Å². The number of hydrogen-bond acceptors (Lipinski definition) is 6. The van der Waals surface area contributed by atoms with Crippen LogP contribution in [-0.4, -0.2) is 48.1 Å². The fraction of sp³-hybridized carbons (Fsp3) is 0.320. The van der Waals surface area contributed by atoms with Gasteiger partial charge in [0.25, 0.3) is 5.69 Å². The van der Waals surface area contributed by atoms with Crippen molar-refractivity contribution in [1.82, 2.24) is 9.21 Å². The van der Waals surface area contributed by atoms with E-state index in [4.69, 9.17) is 11.6 Å². The lowest BCUT2D eigenvalue weighted by atomic mass is 9.90. The molecule has 190 valence electrons. The first-order chi connectivity index (χ1) is 17.1. The number of aryl methyl sites for hydroxylation is 1. The highest BCUT2D eigenvalue weighted by Gasteiger charge is 2.36. The molecular weight excluding hydrogens is 522 g/mol. The number of halogens is 1. The number of amides is 1. The highest BCUT2D eigenvalue weighted by Crippen LogP contribution is 2.39. The third-order valence-corrected chi connectivity index (χ3v) is 9.46. The first kappa shape index (κ1) is 26.3. The topological polar surface area (TPSA) is 101 Å². The van der Waals surface area contributed by atoms with Crippen LogP contribution >= 0.6 is 22.9 Å². The molecule has 1 amide bonds. The number of carbonyl (C=O) groups excluding carboxylic acids is 1. The molecule has 36 heavy (non-hydrogen) atoms. The van der Waals surface area contributed by atoms with Gasteiger partial charge >= 0.3 is 0 Å². The second-order valence-corrected chi connectivity index (χ2v) is 12.0. The summed E-state index contributed by atoms with van der Waals surface area (Å²) in [6.45, 7) is 4.01. The molecule has 1 aliphatic rings. The number of sulfonamides is 1. The number of thiophene rings is 1. The zero-order valence-electron chi connectivity index (χ0n) is 19.9. The van der Waals surface area contributed by atoms with Gasteiger partial charge in [-0.15, -0.1) is 11.3 Å². The van der Waals surface area contributed by atoms with E-state index < -0.39 is 20.6 Å². The standard InChI is InChI=1S/C25H26ClN3O5S2/c1-3-12-27(36(33,34)18-8-9-21(26)22(15-18)29(31)32)16-24(30)28-13-10-23-20(11-14-35-23)25(28)19-7-5-4-6-17(19)2/h4-9,11,14-15,25H,3,10,12-13,16H2,1-2H3/t25-/m1/s1. The molecule has 0 fully saturated rings. The highest BCUT2D eigenvalue weighted by molar-refractivity contribution is 7.89. The fourth-order valence-electron chi connectivity index (χ4n) is 4.53. The molecule has 0 bridgehead atoms. The molecule has 3 aromatic rings. The van der Waals surface area contributed by atoms with E-state index in [1.807, 2.05) is 49.6 Å². The second-order valence-electron chi connectivity index (χ2n) is 8.60. The predicted octanol–water partition coefficient (Wildman–Crippen LogP) is 5.19. The summed E-state index contributed by atoms with van der Waals surface area (Å²) in [5.41, 5.74) is 2.61. The van der Waals surface area contributed by atoms with Crippen molar-refractivity contribution in [3.8, 4) is 0 Å². The minimum absolute atomic E-state index is 0.0943. The molecule has 0 unspecified atom stereocenters. The Morgan fingerprint density at radius 2 is 1.97 bits per heavy atom. The van der Waals surface area contributed by atoms with Crippen LogP contribution in [0.4, 0.5) is 5.69 Å². The summed E-state index contributed by atoms with van der Waals surface area (Å²) in [5, 5.41) is 13.2. The van der Waals surface area contributed by atoms with Gasteiger partial charge in [0, 0.05) is 24.0 Å². The maximum Gasteiger partial charge on any atom is 0.289 e. The number of nitrogens with zero attached hydrogens (tertiary/aromatic N) is 3. The lowest BCUT2D eigenvalue weighted by Gasteiger charge is -2.38. The summed E-state index contributed by atoms with van der Waals surface area (Å²) in [4.78, 5) is 27.0. The van der Waals surface area contributed by atoms with Crippen LogP contribution in [0.2, 0.25) is 5.02 Å². The quantitative estimate of drug-likeness (QED) is 0.285. The van der Waals surface area contributed by atoms with Crippen LogP contribution in [0.1, 0.15) is 41.0 Å². The van der Waals surface area contributed by atoms with Crippen molar-refractivity contribution in [3.05, 3.63) is 90.6 Å². The largest absolute Gasteiger partial charge is 0.330 e. The summed E-state index contributed by atoms with van der Waals surface area (Å²) in [7, 11) is -4.18. The molecule has 0 radical (unpaired) electrons. The minimum atomic E-state index is -4.18. The normalized spacial score (nSPS) is 15.7. The molecule has 1 atom stereocenters. The number of benzene rings is 2. The van der Waals surface area contributed by atoms with Crippen LogP contribution in [0.3, 0.4) is 0 Å². The Kier molecular flexibility index (Phi) is 7.79. The Hall–Kier alpha value is -2.79. The monoisotopic (exact) mass is 547 g/mol. The molecule has 1 aliphatic heterocycles. The number of nitro groups is 1. The zero-order chi connectivity index (χ0) is 26.0. The SMILES string of the molecule is CCCN(CC(=O)N1CCc2sccc2[C@H]1c1ccccc1C)S(=O)(=O)c1ccc(Cl)c([N+](=O)[O-])c1. The van der Waals surface area contributed by atoms with Crippen LogP contribution in [0, 0.1) is 17.0 Å². The van der Waals surface area contributed by atoms with Gasteiger partial charge in [-0.1, -0.05) is 42.8 Å². The summed E-state index contributed by atoms with van der Waals surface area (Å²) >= 11 is 7.54. The van der Waals surface area contributed by atoms with Gasteiger partial charge in [0.05, 0.1) is 22.4 Å². The number of nitro benzene ring substituents is 1. The minimum Gasteiger partial charge on any atom is -0.330 e. The van der Waals surface area contributed by atoms with E-state index in [-0.39, 0.29) is 35.0 Å². The first-order valence-electron chi connectivity index (χ1n) is 11.5. The molecule has 0 saturated carbocycles. The van der Waals surface area contributed by atoms with Crippen molar-refractivity contribution in [1.29, 1.82) is 0 Å². The average molecular weight is 548 g/mol. The Labute approximate surface area is 219 Å². The van der Waals surface area contributed by atoms with Gasteiger partial charge in [0.1, 0.15) is 5.02 Å². The fourth-order valence-corrected chi connectivity index (χ4v) is 7.12. The van der Waals surface area contributed by atoms with Crippen molar-refractivity contribution in [3.63, 3.8) is 0 Å². The smallest absolute Gasteiger partial charge is 0.289 e. The molecule has 0 aliphatic carbocycles. The molecule has 0 saturated heterocycles. The number of rotatable bonds is 8. The molecule has 0 N–H and O–H groups in total. The molecule has 0 spiro atoms. The van der Waals surface area contributed by atoms with E-state index in [2.05, 4.69) is 0 Å². The lowest BCUT2D eigenvalue weighted by Crippen LogP contribution is -2.47. The maximum atomic E-state index is 13.7. The third kappa shape index (κ3) is 5.04. The zero-order valence-corrected chi connectivity index (χ0v) is 22.3. The van der Waals surface area contributed by atoms with Crippen molar-refractivity contribution >= 4 is 44.6 Å². The van der Waals surface area contributed by atoms with Crippen molar-refractivity contribution in [2.45, 2.75) is 37.6 Å². The van der Waals surface area contributed by atoms with E-state index in [9.17, 15) is 23.3 Å². The Morgan fingerprint density at radius 1 is 1.22 bits per heavy atom. The van der Waals surface area contributed by atoms with Crippen LogP contribution in [0.15, 0.2) is 58.8 Å². The number of fused-ring (bicyclic) bond motifs is 1. The summed E-state index contributed by atoms with van der Waals surface area (Å²) in [6.07, 6.45) is 1.17. The average Bonchev–Trinajstić information content (AvgIpc) is 3.32. The Balaban J connectivity index is 1.68. The molecule has 1 aromatic heterocycles. The maximum absolute atomic E-state index is 13.7. The molecule has 4 rings (SSSR count). The van der Waals surface area contributed by atoms with Gasteiger partial charge in [-0.3, -0.25) is 14.9 Å². The molecular formula is C25H26ClN3O5S2. The number of hydrogen-bond donors (Lipinski definition) is 0. The van der Waals surface area contributed by atoms with Gasteiger partial charge in [0.15, 0.2) is 0 Å². The number of carbonyl (C=O) groups is 1. The van der Waals surface area contributed by atoms with Crippen LogP contribution in [0.25, 0.3) is 0 Å². The summed E-state index contributed by atoms with van der Waals surface area (Å²) in [6, 6.07) is 13.0.